The average molecular weight is 573 g/mol. The molecule has 0 aliphatic heterocycles. The van der Waals surface area contributed by atoms with Crippen LogP contribution in [0.15, 0.2) is 83.5 Å². The number of aromatic nitrogens is 2. The first-order valence-electron chi connectivity index (χ1n) is 15.0. The fourth-order valence-electron chi connectivity index (χ4n) is 4.92. The Balaban J connectivity index is 1.40. The summed E-state index contributed by atoms with van der Waals surface area (Å²) in [5.41, 5.74) is 2.14. The van der Waals surface area contributed by atoms with E-state index in [4.69, 9.17) is 4.42 Å². The predicted octanol–water partition coefficient (Wildman–Crippen LogP) is 8.16. The SMILES string of the molecule is CCCCCCCCCCCC(=O)N(CC(=O)Nc1cc(-c2ccccc2)nn1-c1ccc(F)cc1)Cc1ccco1. The summed E-state index contributed by atoms with van der Waals surface area (Å²) in [7, 11) is 0. The molecule has 4 aromatic rings. The van der Waals surface area contributed by atoms with Gasteiger partial charge in [-0.25, -0.2) is 9.07 Å². The fraction of sp³-hybridized carbons (Fsp3) is 0.382. The summed E-state index contributed by atoms with van der Waals surface area (Å²) >= 11 is 0. The molecule has 0 atom stereocenters. The molecular formula is C34H41FN4O3. The van der Waals surface area contributed by atoms with Crippen LogP contribution in [-0.2, 0) is 16.1 Å². The van der Waals surface area contributed by atoms with Gasteiger partial charge < -0.3 is 14.6 Å². The molecule has 0 unspecified atom stereocenters. The van der Waals surface area contributed by atoms with E-state index in [2.05, 4.69) is 17.3 Å². The molecule has 42 heavy (non-hydrogen) atoms. The van der Waals surface area contributed by atoms with Gasteiger partial charge in [0.15, 0.2) is 0 Å². The van der Waals surface area contributed by atoms with Crippen LogP contribution >= 0.6 is 0 Å². The highest BCUT2D eigenvalue weighted by molar-refractivity contribution is 5.94. The minimum Gasteiger partial charge on any atom is -0.467 e. The highest BCUT2D eigenvalue weighted by atomic mass is 19.1. The summed E-state index contributed by atoms with van der Waals surface area (Å²) in [6, 6.07) is 20.8. The van der Waals surface area contributed by atoms with Gasteiger partial charge in [-0.3, -0.25) is 9.59 Å². The van der Waals surface area contributed by atoms with Gasteiger partial charge >= 0.3 is 0 Å². The Morgan fingerprint density at radius 1 is 0.881 bits per heavy atom. The first-order chi connectivity index (χ1) is 20.5. The van der Waals surface area contributed by atoms with Gasteiger partial charge in [0.05, 0.1) is 24.2 Å². The van der Waals surface area contributed by atoms with Crippen molar-refractivity contribution in [1.29, 1.82) is 0 Å². The number of furan rings is 1. The van der Waals surface area contributed by atoms with Crippen molar-refractivity contribution in [2.75, 3.05) is 11.9 Å². The molecule has 2 heterocycles. The topological polar surface area (TPSA) is 80.4 Å². The molecule has 0 aliphatic carbocycles. The molecule has 0 radical (unpaired) electrons. The number of carbonyl (C=O) groups is 2. The van der Waals surface area contributed by atoms with Gasteiger partial charge in [-0.1, -0.05) is 88.6 Å². The Labute approximate surface area is 247 Å². The molecule has 2 aromatic heterocycles. The van der Waals surface area contributed by atoms with E-state index in [1.54, 1.807) is 41.3 Å². The van der Waals surface area contributed by atoms with Gasteiger partial charge in [-0.15, -0.1) is 0 Å². The van der Waals surface area contributed by atoms with Crippen molar-refractivity contribution < 1.29 is 18.4 Å². The number of hydrogen-bond donors (Lipinski definition) is 1. The lowest BCUT2D eigenvalue weighted by Crippen LogP contribution is -2.37. The molecule has 0 spiro atoms. The van der Waals surface area contributed by atoms with Crippen LogP contribution in [0.2, 0.25) is 0 Å². The van der Waals surface area contributed by atoms with E-state index in [0.717, 1.165) is 24.8 Å². The maximum atomic E-state index is 13.6. The highest BCUT2D eigenvalue weighted by Gasteiger charge is 2.21. The normalized spacial score (nSPS) is 11.0. The zero-order valence-corrected chi connectivity index (χ0v) is 24.4. The summed E-state index contributed by atoms with van der Waals surface area (Å²) in [6.07, 6.45) is 12.4. The number of nitrogens with one attached hydrogen (secondary N) is 1. The minimum absolute atomic E-state index is 0.0819. The second-order valence-corrected chi connectivity index (χ2v) is 10.6. The molecule has 0 aliphatic rings. The molecule has 0 bridgehead atoms. The summed E-state index contributed by atoms with van der Waals surface area (Å²) in [6.45, 7) is 2.30. The lowest BCUT2D eigenvalue weighted by atomic mass is 10.1. The first kappa shape index (κ1) is 30.8. The number of nitrogens with zero attached hydrogens (tertiary/aromatic N) is 3. The van der Waals surface area contributed by atoms with E-state index >= 15 is 0 Å². The number of rotatable bonds is 17. The van der Waals surface area contributed by atoms with Crippen molar-refractivity contribution in [2.45, 2.75) is 77.7 Å². The van der Waals surface area contributed by atoms with Crippen LogP contribution in [0, 0.1) is 5.82 Å². The van der Waals surface area contributed by atoms with E-state index in [1.165, 1.54) is 55.6 Å². The predicted molar refractivity (Wildman–Crippen MR) is 164 cm³/mol. The van der Waals surface area contributed by atoms with E-state index in [-0.39, 0.29) is 30.7 Å². The maximum Gasteiger partial charge on any atom is 0.245 e. The van der Waals surface area contributed by atoms with Crippen molar-refractivity contribution in [3.8, 4) is 16.9 Å². The van der Waals surface area contributed by atoms with Crippen molar-refractivity contribution in [3.05, 3.63) is 90.6 Å². The Morgan fingerprint density at radius 2 is 1.57 bits per heavy atom. The first-order valence-corrected chi connectivity index (χ1v) is 15.0. The van der Waals surface area contributed by atoms with Gasteiger partial charge in [0.25, 0.3) is 0 Å². The zero-order chi connectivity index (χ0) is 29.6. The van der Waals surface area contributed by atoms with Crippen molar-refractivity contribution in [1.82, 2.24) is 14.7 Å². The molecule has 2 aromatic carbocycles. The maximum absolute atomic E-state index is 13.6. The number of anilines is 1. The lowest BCUT2D eigenvalue weighted by Gasteiger charge is -2.21. The van der Waals surface area contributed by atoms with Crippen LogP contribution in [-0.4, -0.2) is 33.0 Å². The molecule has 2 amide bonds. The third-order valence-electron chi connectivity index (χ3n) is 7.23. The fourth-order valence-corrected chi connectivity index (χ4v) is 4.92. The van der Waals surface area contributed by atoms with Crippen LogP contribution in [0.5, 0.6) is 0 Å². The Hall–Kier alpha value is -4.20. The second-order valence-electron chi connectivity index (χ2n) is 10.6. The van der Waals surface area contributed by atoms with E-state index < -0.39 is 0 Å². The van der Waals surface area contributed by atoms with E-state index in [1.807, 2.05) is 30.3 Å². The monoisotopic (exact) mass is 572 g/mol. The second kappa shape index (κ2) is 16.3. The largest absolute Gasteiger partial charge is 0.467 e. The van der Waals surface area contributed by atoms with Gasteiger partial charge in [-0.05, 0) is 42.8 Å². The van der Waals surface area contributed by atoms with Crippen molar-refractivity contribution in [2.24, 2.45) is 0 Å². The number of unbranched alkanes of at least 4 members (excludes halogenated alkanes) is 8. The Bertz CT molecular complexity index is 1370. The van der Waals surface area contributed by atoms with Crippen LogP contribution in [0.3, 0.4) is 0 Å². The number of carbonyl (C=O) groups excluding carboxylic acids is 2. The summed E-state index contributed by atoms with van der Waals surface area (Å²) < 4.78 is 20.7. The van der Waals surface area contributed by atoms with Crippen molar-refractivity contribution >= 4 is 17.6 Å². The Morgan fingerprint density at radius 3 is 2.24 bits per heavy atom. The molecular weight excluding hydrogens is 531 g/mol. The summed E-state index contributed by atoms with van der Waals surface area (Å²) in [4.78, 5) is 28.1. The van der Waals surface area contributed by atoms with Crippen molar-refractivity contribution in [3.63, 3.8) is 0 Å². The number of halogens is 1. The highest BCUT2D eigenvalue weighted by Crippen LogP contribution is 2.25. The molecule has 7 nitrogen and oxygen atoms in total. The van der Waals surface area contributed by atoms with Gasteiger partial charge in [0.1, 0.15) is 23.9 Å². The van der Waals surface area contributed by atoms with Gasteiger partial charge in [-0.2, -0.15) is 5.10 Å². The summed E-state index contributed by atoms with van der Waals surface area (Å²) in [5.74, 6) is 0.242. The molecule has 0 saturated carbocycles. The molecule has 222 valence electrons. The third kappa shape index (κ3) is 9.43. The van der Waals surface area contributed by atoms with Crippen LogP contribution in [0.1, 0.15) is 76.9 Å². The van der Waals surface area contributed by atoms with Crippen LogP contribution in [0.25, 0.3) is 16.9 Å². The minimum atomic E-state index is -0.362. The molecule has 4 rings (SSSR count). The smallest absolute Gasteiger partial charge is 0.245 e. The number of benzene rings is 2. The number of amides is 2. The van der Waals surface area contributed by atoms with E-state index in [9.17, 15) is 14.0 Å². The quantitative estimate of drug-likeness (QED) is 0.129. The lowest BCUT2D eigenvalue weighted by molar-refractivity contribution is -0.135. The Kier molecular flexibility index (Phi) is 11.9. The van der Waals surface area contributed by atoms with Crippen LogP contribution in [0.4, 0.5) is 10.2 Å². The van der Waals surface area contributed by atoms with Gasteiger partial charge in [0.2, 0.25) is 11.8 Å². The molecule has 8 heteroatoms. The van der Waals surface area contributed by atoms with Crippen LogP contribution < -0.4 is 5.32 Å². The molecule has 1 N–H and O–H groups in total. The zero-order valence-electron chi connectivity index (χ0n) is 24.4. The third-order valence-corrected chi connectivity index (χ3v) is 7.23. The molecule has 0 fully saturated rings. The van der Waals surface area contributed by atoms with E-state index in [0.29, 0.717) is 29.4 Å². The summed E-state index contributed by atoms with van der Waals surface area (Å²) in [5, 5.41) is 7.60. The standard InChI is InChI=1S/C34H41FN4O3/c1-2-3-4-5-6-7-8-9-13-18-34(41)38(25-30-17-14-23-42-30)26-33(40)36-32-24-31(27-15-11-10-12-16-27)37-39(32)29-21-19-28(35)20-22-29/h10-12,14-17,19-24H,2-9,13,18,25-26H2,1H3,(H,36,40). The molecule has 0 saturated heterocycles. The number of hydrogen-bond acceptors (Lipinski definition) is 4. The van der Waals surface area contributed by atoms with Gasteiger partial charge in [0, 0.05) is 18.1 Å². The average Bonchev–Trinajstić information content (AvgIpc) is 3.67.